The van der Waals surface area contributed by atoms with Crippen molar-refractivity contribution in [2.75, 3.05) is 13.2 Å². The van der Waals surface area contributed by atoms with Crippen LogP contribution >= 0.6 is 0 Å². The summed E-state index contributed by atoms with van der Waals surface area (Å²) in [5.74, 6) is -1.86. The van der Waals surface area contributed by atoms with E-state index in [-0.39, 0.29) is 13.2 Å². The topological polar surface area (TPSA) is 29.5 Å². The second kappa shape index (κ2) is 2.75. The van der Waals surface area contributed by atoms with E-state index in [9.17, 15) is 13.9 Å². The zero-order chi connectivity index (χ0) is 9.47. The Hall–Kier alpha value is -1.00. The lowest BCUT2D eigenvalue weighted by atomic mass is 9.92. The van der Waals surface area contributed by atoms with Crippen LogP contribution in [0.4, 0.5) is 8.78 Å². The molecule has 1 aliphatic heterocycles. The van der Waals surface area contributed by atoms with Crippen LogP contribution in [0.25, 0.3) is 0 Å². The molecule has 0 aromatic heterocycles. The van der Waals surface area contributed by atoms with Gasteiger partial charge in [-0.05, 0) is 17.7 Å². The van der Waals surface area contributed by atoms with Crippen LogP contribution in [0.5, 0.6) is 0 Å². The first-order chi connectivity index (χ1) is 6.12. The fourth-order valence-electron chi connectivity index (χ4n) is 1.25. The maximum absolute atomic E-state index is 12.7. The Kier molecular flexibility index (Phi) is 1.82. The van der Waals surface area contributed by atoms with E-state index in [2.05, 4.69) is 0 Å². The molecular weight excluding hydrogens is 178 g/mol. The molecule has 1 aromatic carbocycles. The maximum atomic E-state index is 12.7. The van der Waals surface area contributed by atoms with Gasteiger partial charge in [0.25, 0.3) is 0 Å². The third kappa shape index (κ3) is 1.32. The van der Waals surface area contributed by atoms with E-state index in [4.69, 9.17) is 4.74 Å². The fourth-order valence-corrected chi connectivity index (χ4v) is 1.25. The molecule has 1 aliphatic rings. The normalized spacial score (nSPS) is 19.6. The van der Waals surface area contributed by atoms with Gasteiger partial charge >= 0.3 is 0 Å². The van der Waals surface area contributed by atoms with E-state index in [0.717, 1.165) is 12.1 Å². The van der Waals surface area contributed by atoms with Crippen LogP contribution < -0.4 is 0 Å². The predicted octanol–water partition coefficient (Wildman–Crippen LogP) is 1.18. The van der Waals surface area contributed by atoms with Crippen molar-refractivity contribution in [1.82, 2.24) is 0 Å². The number of hydrogen-bond acceptors (Lipinski definition) is 2. The van der Waals surface area contributed by atoms with Gasteiger partial charge in [-0.25, -0.2) is 8.78 Å². The molecule has 13 heavy (non-hydrogen) atoms. The number of ether oxygens (including phenoxy) is 1. The maximum Gasteiger partial charge on any atom is 0.159 e. The van der Waals surface area contributed by atoms with Crippen molar-refractivity contribution in [3.63, 3.8) is 0 Å². The SMILES string of the molecule is OC1(c2ccc(F)c(F)c2)COC1. The van der Waals surface area contributed by atoms with Gasteiger partial charge in [0, 0.05) is 0 Å². The Balaban J connectivity index is 2.36. The lowest BCUT2D eigenvalue weighted by Crippen LogP contribution is -2.46. The van der Waals surface area contributed by atoms with E-state index in [0.29, 0.717) is 5.56 Å². The van der Waals surface area contributed by atoms with Crippen molar-refractivity contribution >= 4 is 0 Å². The van der Waals surface area contributed by atoms with Crippen LogP contribution in [0.3, 0.4) is 0 Å². The minimum atomic E-state index is -1.13. The molecule has 0 saturated carbocycles. The minimum absolute atomic E-state index is 0.137. The summed E-state index contributed by atoms with van der Waals surface area (Å²) >= 11 is 0. The van der Waals surface area contributed by atoms with Gasteiger partial charge in [-0.2, -0.15) is 0 Å². The standard InChI is InChI=1S/C9H8F2O2/c10-7-2-1-6(3-8(7)11)9(12)4-13-5-9/h1-3,12H,4-5H2. The molecule has 1 fully saturated rings. The second-order valence-corrected chi connectivity index (χ2v) is 3.15. The summed E-state index contributed by atoms with van der Waals surface area (Å²) in [7, 11) is 0. The van der Waals surface area contributed by atoms with E-state index >= 15 is 0 Å². The highest BCUT2D eigenvalue weighted by Crippen LogP contribution is 2.29. The van der Waals surface area contributed by atoms with Gasteiger partial charge < -0.3 is 9.84 Å². The largest absolute Gasteiger partial charge is 0.380 e. The third-order valence-electron chi connectivity index (χ3n) is 2.14. The lowest BCUT2D eigenvalue weighted by Gasteiger charge is -2.36. The highest BCUT2D eigenvalue weighted by atomic mass is 19.2. The van der Waals surface area contributed by atoms with E-state index < -0.39 is 17.2 Å². The first-order valence-electron chi connectivity index (χ1n) is 3.87. The third-order valence-corrected chi connectivity index (χ3v) is 2.14. The summed E-state index contributed by atoms with van der Waals surface area (Å²) in [5.41, 5.74) is -0.771. The van der Waals surface area contributed by atoms with Gasteiger partial charge in [-0.3, -0.25) is 0 Å². The first kappa shape index (κ1) is 8.59. The van der Waals surface area contributed by atoms with Gasteiger partial charge in [0.05, 0.1) is 13.2 Å². The van der Waals surface area contributed by atoms with Crippen LogP contribution in [0.15, 0.2) is 18.2 Å². The Morgan fingerprint density at radius 1 is 1.23 bits per heavy atom. The molecule has 4 heteroatoms. The monoisotopic (exact) mass is 186 g/mol. The first-order valence-corrected chi connectivity index (χ1v) is 3.87. The second-order valence-electron chi connectivity index (χ2n) is 3.15. The van der Waals surface area contributed by atoms with Crippen LogP contribution in [-0.4, -0.2) is 18.3 Å². The van der Waals surface area contributed by atoms with Crippen LogP contribution in [0, 0.1) is 11.6 Å². The molecule has 1 N–H and O–H groups in total. The lowest BCUT2D eigenvalue weighted by molar-refractivity contribution is -0.184. The van der Waals surface area contributed by atoms with Crippen molar-refractivity contribution < 1.29 is 18.6 Å². The van der Waals surface area contributed by atoms with Crippen molar-refractivity contribution in [1.29, 1.82) is 0 Å². The van der Waals surface area contributed by atoms with Crippen molar-refractivity contribution in [2.45, 2.75) is 5.60 Å². The summed E-state index contributed by atoms with van der Waals surface area (Å²) < 4.78 is 30.1. The summed E-state index contributed by atoms with van der Waals surface area (Å²) in [6, 6.07) is 3.36. The Bertz CT molecular complexity index is 334. The van der Waals surface area contributed by atoms with Crippen LogP contribution in [0.1, 0.15) is 5.56 Å². The molecule has 2 rings (SSSR count). The molecule has 1 aromatic rings. The van der Waals surface area contributed by atoms with Crippen LogP contribution in [-0.2, 0) is 10.3 Å². The summed E-state index contributed by atoms with van der Waals surface area (Å²) in [4.78, 5) is 0. The van der Waals surface area contributed by atoms with Crippen molar-refractivity contribution in [3.8, 4) is 0 Å². The Morgan fingerprint density at radius 3 is 2.38 bits per heavy atom. The zero-order valence-electron chi connectivity index (χ0n) is 6.76. The molecule has 0 spiro atoms. The van der Waals surface area contributed by atoms with Crippen molar-refractivity contribution in [2.24, 2.45) is 0 Å². The fraction of sp³-hybridized carbons (Fsp3) is 0.333. The summed E-state index contributed by atoms with van der Waals surface area (Å²) in [6.07, 6.45) is 0. The van der Waals surface area contributed by atoms with Crippen LogP contribution in [0.2, 0.25) is 0 Å². The molecule has 1 saturated heterocycles. The number of rotatable bonds is 1. The average Bonchev–Trinajstić information content (AvgIpc) is 2.06. The molecule has 0 bridgehead atoms. The average molecular weight is 186 g/mol. The molecule has 1 heterocycles. The number of halogens is 2. The smallest absolute Gasteiger partial charge is 0.159 e. The predicted molar refractivity (Wildman–Crippen MR) is 41.1 cm³/mol. The van der Waals surface area contributed by atoms with E-state index in [1.54, 1.807) is 0 Å². The van der Waals surface area contributed by atoms with Gasteiger partial charge in [-0.1, -0.05) is 6.07 Å². The van der Waals surface area contributed by atoms with Gasteiger partial charge in [0.15, 0.2) is 11.6 Å². The van der Waals surface area contributed by atoms with Gasteiger partial charge in [0.2, 0.25) is 0 Å². The summed E-state index contributed by atoms with van der Waals surface area (Å²) in [6.45, 7) is 0.274. The molecule has 0 radical (unpaired) electrons. The van der Waals surface area contributed by atoms with E-state index in [1.807, 2.05) is 0 Å². The van der Waals surface area contributed by atoms with Gasteiger partial charge in [0.1, 0.15) is 5.60 Å². The highest BCUT2D eigenvalue weighted by molar-refractivity contribution is 5.25. The minimum Gasteiger partial charge on any atom is -0.380 e. The number of hydrogen-bond donors (Lipinski definition) is 1. The molecule has 0 atom stereocenters. The molecule has 0 aliphatic carbocycles. The quantitative estimate of drug-likeness (QED) is 0.713. The molecule has 0 amide bonds. The highest BCUT2D eigenvalue weighted by Gasteiger charge is 2.38. The van der Waals surface area contributed by atoms with E-state index in [1.165, 1.54) is 6.07 Å². The Labute approximate surface area is 73.8 Å². The molecular formula is C9H8F2O2. The molecule has 2 nitrogen and oxygen atoms in total. The van der Waals surface area contributed by atoms with Gasteiger partial charge in [-0.15, -0.1) is 0 Å². The molecule has 70 valence electrons. The summed E-state index contributed by atoms with van der Waals surface area (Å²) in [5, 5.41) is 9.68. The number of aliphatic hydroxyl groups is 1. The molecule has 0 unspecified atom stereocenters. The number of benzene rings is 1. The Morgan fingerprint density at radius 2 is 1.92 bits per heavy atom. The zero-order valence-corrected chi connectivity index (χ0v) is 6.76. The van der Waals surface area contributed by atoms with Crippen molar-refractivity contribution in [3.05, 3.63) is 35.4 Å².